The number of rotatable bonds is 7. The van der Waals surface area contributed by atoms with Crippen molar-refractivity contribution in [1.29, 1.82) is 0 Å². The molecule has 3 fully saturated rings. The summed E-state index contributed by atoms with van der Waals surface area (Å²) >= 11 is 0. The van der Waals surface area contributed by atoms with Crippen molar-refractivity contribution >= 4 is 6.29 Å². The molecule has 28 heavy (non-hydrogen) atoms. The van der Waals surface area contributed by atoms with Crippen LogP contribution in [0, 0.1) is 39.9 Å². The highest BCUT2D eigenvalue weighted by Crippen LogP contribution is 2.60. The normalized spacial score (nSPS) is 44.1. The number of carbonyl (C=O) groups excluding carboxylic acids is 1. The minimum atomic E-state index is -0.195. The summed E-state index contributed by atoms with van der Waals surface area (Å²) in [6.07, 6.45) is 15.9. The summed E-state index contributed by atoms with van der Waals surface area (Å²) in [5, 5.41) is 9.96. The van der Waals surface area contributed by atoms with Crippen LogP contribution in [0.2, 0.25) is 0 Å². The Bertz CT molecular complexity index is 539. The van der Waals surface area contributed by atoms with Gasteiger partial charge in [-0.3, -0.25) is 0 Å². The molecule has 0 bridgehead atoms. The van der Waals surface area contributed by atoms with Gasteiger partial charge in [-0.05, 0) is 99.2 Å². The molecule has 0 spiro atoms. The lowest BCUT2D eigenvalue weighted by atomic mass is 9.49. The van der Waals surface area contributed by atoms with Crippen LogP contribution in [-0.4, -0.2) is 17.5 Å². The highest BCUT2D eigenvalue weighted by molar-refractivity contribution is 5.61. The molecule has 1 N–H and O–H groups in total. The van der Waals surface area contributed by atoms with E-state index in [4.69, 9.17) is 0 Å². The number of aldehydes is 1. The SMILES string of the molecule is CC(O)CCC1(C)C(C)CCC(C)(C)C1CCC1CCCC2(C=O)CCCC12. The molecule has 0 radical (unpaired) electrons. The minimum Gasteiger partial charge on any atom is -0.393 e. The number of aliphatic hydroxyl groups is 1. The molecule has 0 aromatic rings. The van der Waals surface area contributed by atoms with Crippen LogP contribution in [0.3, 0.4) is 0 Å². The van der Waals surface area contributed by atoms with Crippen molar-refractivity contribution in [3.63, 3.8) is 0 Å². The van der Waals surface area contributed by atoms with Gasteiger partial charge >= 0.3 is 0 Å². The first-order valence-corrected chi connectivity index (χ1v) is 12.3. The van der Waals surface area contributed by atoms with E-state index in [-0.39, 0.29) is 11.5 Å². The number of aliphatic hydroxyl groups excluding tert-OH is 1. The van der Waals surface area contributed by atoms with Crippen molar-refractivity contribution in [2.45, 2.75) is 118 Å². The van der Waals surface area contributed by atoms with Crippen LogP contribution in [0.4, 0.5) is 0 Å². The van der Waals surface area contributed by atoms with Crippen LogP contribution in [0.15, 0.2) is 0 Å². The Morgan fingerprint density at radius 3 is 2.36 bits per heavy atom. The monoisotopic (exact) mass is 390 g/mol. The fourth-order valence-corrected chi connectivity index (χ4v) is 7.96. The largest absolute Gasteiger partial charge is 0.393 e. The van der Waals surface area contributed by atoms with E-state index in [9.17, 15) is 9.90 Å². The molecule has 3 saturated carbocycles. The third-order valence-corrected chi connectivity index (χ3v) is 9.93. The van der Waals surface area contributed by atoms with E-state index in [0.29, 0.717) is 16.7 Å². The summed E-state index contributed by atoms with van der Waals surface area (Å²) in [4.78, 5) is 12.0. The summed E-state index contributed by atoms with van der Waals surface area (Å²) in [5.74, 6) is 2.87. The van der Waals surface area contributed by atoms with E-state index in [2.05, 4.69) is 27.7 Å². The van der Waals surface area contributed by atoms with E-state index in [0.717, 1.165) is 43.4 Å². The van der Waals surface area contributed by atoms with Gasteiger partial charge in [0.05, 0.1) is 6.10 Å². The van der Waals surface area contributed by atoms with Gasteiger partial charge in [0, 0.05) is 5.41 Å². The second kappa shape index (κ2) is 8.40. The molecule has 7 atom stereocenters. The lowest BCUT2D eigenvalue weighted by Gasteiger charge is -2.55. The predicted octanol–water partition coefficient (Wildman–Crippen LogP) is 6.79. The quantitative estimate of drug-likeness (QED) is 0.486. The number of carbonyl (C=O) groups is 1. The topological polar surface area (TPSA) is 37.3 Å². The zero-order valence-corrected chi connectivity index (χ0v) is 19.3. The molecule has 3 rings (SSSR count). The van der Waals surface area contributed by atoms with Gasteiger partial charge in [0.15, 0.2) is 0 Å². The van der Waals surface area contributed by atoms with Gasteiger partial charge < -0.3 is 9.90 Å². The zero-order chi connectivity index (χ0) is 20.6. The first-order valence-electron chi connectivity index (χ1n) is 12.3. The second-order valence-corrected chi connectivity index (χ2v) is 12.0. The van der Waals surface area contributed by atoms with Crippen LogP contribution < -0.4 is 0 Å². The molecule has 0 aromatic carbocycles. The average molecular weight is 391 g/mol. The van der Waals surface area contributed by atoms with E-state index < -0.39 is 0 Å². The maximum atomic E-state index is 12.0. The first-order chi connectivity index (χ1) is 13.1. The first kappa shape index (κ1) is 22.3. The molecule has 2 heteroatoms. The van der Waals surface area contributed by atoms with E-state index >= 15 is 0 Å². The lowest BCUT2D eigenvalue weighted by molar-refractivity contribution is -0.121. The van der Waals surface area contributed by atoms with Crippen LogP contribution in [0.25, 0.3) is 0 Å². The number of hydrogen-bond acceptors (Lipinski definition) is 2. The summed E-state index contributed by atoms with van der Waals surface area (Å²) in [5.41, 5.74) is 0.741. The third kappa shape index (κ3) is 4.09. The molecule has 0 heterocycles. The predicted molar refractivity (Wildman–Crippen MR) is 117 cm³/mol. The highest BCUT2D eigenvalue weighted by Gasteiger charge is 2.51. The maximum absolute atomic E-state index is 12.0. The van der Waals surface area contributed by atoms with Gasteiger partial charge in [0.2, 0.25) is 0 Å². The van der Waals surface area contributed by atoms with Crippen LogP contribution in [-0.2, 0) is 4.79 Å². The Kier molecular flexibility index (Phi) is 6.70. The van der Waals surface area contributed by atoms with Crippen molar-refractivity contribution in [3.05, 3.63) is 0 Å². The molecule has 7 unspecified atom stereocenters. The van der Waals surface area contributed by atoms with Crippen molar-refractivity contribution in [2.24, 2.45) is 39.9 Å². The van der Waals surface area contributed by atoms with Gasteiger partial charge in [-0.1, -0.05) is 47.0 Å². The van der Waals surface area contributed by atoms with E-state index in [1.54, 1.807) is 0 Å². The van der Waals surface area contributed by atoms with Crippen molar-refractivity contribution in [3.8, 4) is 0 Å². The van der Waals surface area contributed by atoms with Crippen molar-refractivity contribution < 1.29 is 9.90 Å². The smallest absolute Gasteiger partial charge is 0.126 e. The zero-order valence-electron chi connectivity index (χ0n) is 19.3. The summed E-state index contributed by atoms with van der Waals surface area (Å²) in [6, 6.07) is 0. The number of fused-ring (bicyclic) bond motifs is 1. The maximum Gasteiger partial charge on any atom is 0.126 e. The van der Waals surface area contributed by atoms with Gasteiger partial charge in [-0.15, -0.1) is 0 Å². The lowest BCUT2D eigenvalue weighted by Crippen LogP contribution is -2.47. The van der Waals surface area contributed by atoms with Crippen LogP contribution >= 0.6 is 0 Å². The summed E-state index contributed by atoms with van der Waals surface area (Å²) in [7, 11) is 0. The molecule has 3 aliphatic carbocycles. The fourth-order valence-electron chi connectivity index (χ4n) is 7.96. The molecule has 0 aromatic heterocycles. The average Bonchev–Trinajstić information content (AvgIpc) is 3.09. The Morgan fingerprint density at radius 2 is 1.71 bits per heavy atom. The van der Waals surface area contributed by atoms with Gasteiger partial charge in [-0.25, -0.2) is 0 Å². The Balaban J connectivity index is 1.74. The highest BCUT2D eigenvalue weighted by atomic mass is 16.3. The summed E-state index contributed by atoms with van der Waals surface area (Å²) in [6.45, 7) is 11.9. The second-order valence-electron chi connectivity index (χ2n) is 12.0. The standard InChI is InChI=1S/C26H46O2/c1-19-12-16-24(3,4)23(25(19,5)17-13-20(2)28)11-10-21-8-6-14-26(18-27)15-7-9-22(21)26/h18-23,28H,6-17H2,1-5H3. The molecular weight excluding hydrogens is 344 g/mol. The molecule has 162 valence electrons. The molecule has 0 amide bonds. The van der Waals surface area contributed by atoms with Crippen LogP contribution in [0.1, 0.15) is 112 Å². The molecule has 2 nitrogen and oxygen atoms in total. The van der Waals surface area contributed by atoms with E-state index in [1.165, 1.54) is 57.7 Å². The third-order valence-electron chi connectivity index (χ3n) is 9.93. The molecule has 0 saturated heterocycles. The van der Waals surface area contributed by atoms with E-state index in [1.807, 2.05) is 6.92 Å². The van der Waals surface area contributed by atoms with Crippen molar-refractivity contribution in [2.75, 3.05) is 0 Å². The summed E-state index contributed by atoms with van der Waals surface area (Å²) < 4.78 is 0. The van der Waals surface area contributed by atoms with Gasteiger partial charge in [0.1, 0.15) is 6.29 Å². The number of hydrogen-bond donors (Lipinski definition) is 1. The minimum absolute atomic E-state index is 0.0356. The fraction of sp³-hybridized carbons (Fsp3) is 0.962. The molecule has 3 aliphatic rings. The molecule has 0 aliphatic heterocycles. The van der Waals surface area contributed by atoms with Gasteiger partial charge in [0.25, 0.3) is 0 Å². The van der Waals surface area contributed by atoms with Crippen molar-refractivity contribution in [1.82, 2.24) is 0 Å². The Morgan fingerprint density at radius 1 is 1.04 bits per heavy atom. The van der Waals surface area contributed by atoms with Crippen LogP contribution in [0.5, 0.6) is 0 Å². The van der Waals surface area contributed by atoms with Gasteiger partial charge in [-0.2, -0.15) is 0 Å². The Labute approximate surface area is 174 Å². The Hall–Kier alpha value is -0.370. The molecular formula is C26H46O2.